The van der Waals surface area contributed by atoms with Crippen molar-refractivity contribution in [1.29, 1.82) is 0 Å². The van der Waals surface area contributed by atoms with Gasteiger partial charge in [-0.2, -0.15) is 0 Å². The normalized spacial score (nSPS) is 24.2. The van der Waals surface area contributed by atoms with Crippen LogP contribution < -0.4 is 10.6 Å². The standard InChI is InChI=1S/C52H83ClP2/c1-17-47(18-2)31-45(13,14)39-35(47)29-36-40(46(15,16)32-48(36,19-3)20-4)43(39)54-55(53)44-41-37(49(21-5,22-6)33-51(41,25-9)26-10)30-38-42(44)52(27-11,28-12)34-50(38,23-7)24-8/h29-30,54H,17-28,31-34H2,1-16H3. The van der Waals surface area contributed by atoms with Crippen molar-refractivity contribution in [2.45, 2.75) is 257 Å². The van der Waals surface area contributed by atoms with Gasteiger partial charge in [0.1, 0.15) is 0 Å². The summed E-state index contributed by atoms with van der Waals surface area (Å²) in [6.45, 7) is 39.5. The SMILES string of the molecule is CCC1(CC)CC(C)(C)c2c1cc1c(c2PP(Cl)c2c3c(cc4c2C(CC)(CC)CC4(CC)CC)C(CC)(CC)CC3(CC)CC)C(C)(C)CC1(CC)CC. The lowest BCUT2D eigenvalue weighted by atomic mass is 9.70. The van der Waals surface area contributed by atoms with Crippen molar-refractivity contribution in [3.63, 3.8) is 0 Å². The van der Waals surface area contributed by atoms with Crippen molar-refractivity contribution in [2.75, 3.05) is 0 Å². The Morgan fingerprint density at radius 3 is 0.945 bits per heavy atom. The van der Waals surface area contributed by atoms with Crippen LogP contribution in [0.4, 0.5) is 0 Å². The van der Waals surface area contributed by atoms with Crippen LogP contribution in [0.25, 0.3) is 0 Å². The molecule has 0 amide bonds. The van der Waals surface area contributed by atoms with Crippen molar-refractivity contribution < 1.29 is 0 Å². The molecule has 0 spiro atoms. The van der Waals surface area contributed by atoms with Crippen LogP contribution >= 0.6 is 26.5 Å². The van der Waals surface area contributed by atoms with Crippen LogP contribution in [0.3, 0.4) is 0 Å². The Bertz CT molecular complexity index is 1630. The van der Waals surface area contributed by atoms with Crippen LogP contribution in [0.1, 0.15) is 258 Å². The van der Waals surface area contributed by atoms with Gasteiger partial charge in [-0.3, -0.25) is 0 Å². The van der Waals surface area contributed by atoms with Gasteiger partial charge in [0.05, 0.1) is 0 Å². The van der Waals surface area contributed by atoms with Gasteiger partial charge in [-0.05, 0) is 204 Å². The molecule has 4 aliphatic carbocycles. The highest BCUT2D eigenvalue weighted by Crippen LogP contribution is 2.71. The molecule has 4 aliphatic rings. The van der Waals surface area contributed by atoms with E-state index in [0.717, 1.165) is 0 Å². The van der Waals surface area contributed by atoms with Crippen LogP contribution in [0, 0.1) is 0 Å². The second kappa shape index (κ2) is 14.9. The molecule has 0 radical (unpaired) electrons. The summed E-state index contributed by atoms with van der Waals surface area (Å²) in [6.07, 6.45) is 19.8. The number of rotatable bonds is 15. The Labute approximate surface area is 348 Å². The maximum Gasteiger partial charge on any atom is 0.0477 e. The fourth-order valence-corrected chi connectivity index (χ4v) is 21.0. The predicted molar refractivity (Wildman–Crippen MR) is 251 cm³/mol. The van der Waals surface area contributed by atoms with Crippen LogP contribution in [-0.2, 0) is 43.3 Å². The molecule has 6 rings (SSSR count). The van der Waals surface area contributed by atoms with E-state index in [2.05, 4.69) is 123 Å². The molecular weight excluding hydrogens is 722 g/mol. The molecule has 2 atom stereocenters. The third-order valence-electron chi connectivity index (χ3n) is 18.8. The lowest BCUT2D eigenvalue weighted by Crippen LogP contribution is -2.34. The Kier molecular flexibility index (Phi) is 12.0. The monoisotopic (exact) mass is 805 g/mol. The summed E-state index contributed by atoms with van der Waals surface area (Å²) in [6, 6.07) is 5.69. The molecule has 55 heavy (non-hydrogen) atoms. The molecule has 0 fully saturated rings. The average Bonchev–Trinajstić information content (AvgIpc) is 3.82. The number of benzene rings is 2. The van der Waals surface area contributed by atoms with E-state index >= 15 is 0 Å². The van der Waals surface area contributed by atoms with Gasteiger partial charge in [0.15, 0.2) is 0 Å². The predicted octanol–water partition coefficient (Wildman–Crippen LogP) is 16.4. The molecule has 0 saturated heterocycles. The number of hydrogen-bond acceptors (Lipinski definition) is 0. The number of fused-ring (bicyclic) bond motifs is 4. The van der Waals surface area contributed by atoms with Crippen molar-refractivity contribution in [3.05, 3.63) is 56.6 Å². The zero-order valence-corrected chi connectivity index (χ0v) is 41.4. The summed E-state index contributed by atoms with van der Waals surface area (Å²) in [5, 5.41) is 3.43. The molecule has 0 aromatic heterocycles. The zero-order chi connectivity index (χ0) is 40.8. The fraction of sp³-hybridized carbons (Fsp3) is 0.769. The van der Waals surface area contributed by atoms with Crippen LogP contribution in [0.15, 0.2) is 12.1 Å². The topological polar surface area (TPSA) is 0 Å². The smallest absolute Gasteiger partial charge is 0.0477 e. The van der Waals surface area contributed by atoms with E-state index < -0.39 is 6.96 Å². The van der Waals surface area contributed by atoms with E-state index in [0.29, 0.717) is 8.27 Å². The second-order valence-electron chi connectivity index (χ2n) is 21.0. The summed E-state index contributed by atoms with van der Waals surface area (Å²) >= 11 is 8.69. The maximum atomic E-state index is 8.69. The molecule has 0 heterocycles. The van der Waals surface area contributed by atoms with Gasteiger partial charge >= 0.3 is 0 Å². The summed E-state index contributed by atoms with van der Waals surface area (Å²) in [4.78, 5) is 0. The van der Waals surface area contributed by atoms with E-state index in [-0.39, 0.29) is 43.3 Å². The number of halogens is 1. The quantitative estimate of drug-likeness (QED) is 0.157. The molecule has 2 aromatic rings. The minimum Gasteiger partial charge on any atom is -0.0860 e. The highest BCUT2D eigenvalue weighted by Gasteiger charge is 2.58. The second-order valence-corrected chi connectivity index (χ2v) is 26.6. The highest BCUT2D eigenvalue weighted by molar-refractivity contribution is 8.39. The van der Waals surface area contributed by atoms with Gasteiger partial charge in [-0.15, -0.1) is 0 Å². The summed E-state index contributed by atoms with van der Waals surface area (Å²) in [7, 11) is 0.633. The Morgan fingerprint density at radius 1 is 0.418 bits per heavy atom. The van der Waals surface area contributed by atoms with Gasteiger partial charge < -0.3 is 0 Å². The largest absolute Gasteiger partial charge is 0.0860 e. The average molecular weight is 806 g/mol. The third-order valence-corrected chi connectivity index (χ3v) is 23.7. The third kappa shape index (κ3) is 5.89. The Hall–Kier alpha value is -0.410. The van der Waals surface area contributed by atoms with Crippen molar-refractivity contribution in [2.24, 2.45) is 0 Å². The lowest BCUT2D eigenvalue weighted by molar-refractivity contribution is 0.279. The lowest BCUT2D eigenvalue weighted by Gasteiger charge is -2.37. The molecular formula is C52H83ClP2. The Morgan fingerprint density at radius 2 is 0.673 bits per heavy atom. The summed E-state index contributed by atoms with van der Waals surface area (Å²) in [5.41, 5.74) is 15.5. The highest BCUT2D eigenvalue weighted by atomic mass is 35.7. The fourth-order valence-electron chi connectivity index (χ4n) is 14.9. The van der Waals surface area contributed by atoms with E-state index in [1.165, 1.54) is 103 Å². The van der Waals surface area contributed by atoms with Gasteiger partial charge in [0.25, 0.3) is 0 Å². The van der Waals surface area contributed by atoms with Crippen LogP contribution in [0.2, 0.25) is 0 Å². The van der Waals surface area contributed by atoms with Gasteiger partial charge in [-0.1, -0.05) is 134 Å². The first-order chi connectivity index (χ1) is 25.9. The zero-order valence-electron chi connectivity index (χ0n) is 38.8. The molecule has 0 saturated carbocycles. The van der Waals surface area contributed by atoms with Crippen molar-refractivity contribution >= 4 is 37.1 Å². The summed E-state index contributed by atoms with van der Waals surface area (Å²) in [5.74, 6) is 0. The first-order valence-electron chi connectivity index (χ1n) is 23.6. The van der Waals surface area contributed by atoms with E-state index in [9.17, 15) is 0 Å². The molecule has 2 aromatic carbocycles. The molecule has 0 N–H and O–H groups in total. The van der Waals surface area contributed by atoms with Gasteiger partial charge in [0, 0.05) is 12.3 Å². The minimum atomic E-state index is -0.975. The molecule has 3 heteroatoms. The maximum absolute atomic E-state index is 8.69. The van der Waals surface area contributed by atoms with E-state index in [1.54, 1.807) is 55.1 Å². The van der Waals surface area contributed by atoms with E-state index in [1.807, 2.05) is 0 Å². The molecule has 0 aliphatic heterocycles. The first kappa shape index (κ1) is 44.2. The molecule has 2 unspecified atom stereocenters. The number of hydrogen-bond donors (Lipinski definition) is 0. The first-order valence-corrected chi connectivity index (χ1v) is 27.7. The molecule has 0 bridgehead atoms. The molecule has 308 valence electrons. The van der Waals surface area contributed by atoms with Crippen molar-refractivity contribution in [1.82, 2.24) is 0 Å². The van der Waals surface area contributed by atoms with E-state index in [4.69, 9.17) is 11.2 Å². The van der Waals surface area contributed by atoms with Gasteiger partial charge in [0.2, 0.25) is 0 Å². The Balaban J connectivity index is 1.78. The van der Waals surface area contributed by atoms with Crippen LogP contribution in [0.5, 0.6) is 0 Å². The van der Waals surface area contributed by atoms with Crippen LogP contribution in [-0.4, -0.2) is 0 Å². The minimum absolute atomic E-state index is 0.137. The molecule has 0 nitrogen and oxygen atoms in total. The summed E-state index contributed by atoms with van der Waals surface area (Å²) < 4.78 is 0. The van der Waals surface area contributed by atoms with Crippen molar-refractivity contribution in [3.8, 4) is 0 Å². The van der Waals surface area contributed by atoms with Gasteiger partial charge in [-0.25, -0.2) is 0 Å².